The van der Waals surface area contributed by atoms with Gasteiger partial charge in [-0.1, -0.05) is 55.8 Å². The number of aromatic nitrogens is 1. The number of nitrogens with zero attached hydrogens (tertiary/aromatic N) is 1. The molecule has 0 spiro atoms. The molecule has 2 aromatic carbocycles. The number of fused-ring (bicyclic) bond motifs is 1. The molecule has 0 amide bonds. The molecule has 1 unspecified atom stereocenters. The summed E-state index contributed by atoms with van der Waals surface area (Å²) in [6.45, 7) is 6.07. The Morgan fingerprint density at radius 2 is 1.86 bits per heavy atom. The highest BCUT2D eigenvalue weighted by Gasteiger charge is 2.29. The van der Waals surface area contributed by atoms with E-state index < -0.39 is 0 Å². The maximum atomic E-state index is 13.9. The van der Waals surface area contributed by atoms with Gasteiger partial charge < -0.3 is 4.57 Å². The van der Waals surface area contributed by atoms with Gasteiger partial charge in [-0.25, -0.2) is 0 Å². The first kappa shape index (κ1) is 25.6. The lowest BCUT2D eigenvalue weighted by atomic mass is 9.85. The van der Waals surface area contributed by atoms with E-state index in [1.807, 2.05) is 25.3 Å². The number of pyridine rings is 1. The summed E-state index contributed by atoms with van der Waals surface area (Å²) in [4.78, 5) is 38.0. The van der Waals surface area contributed by atoms with Crippen LogP contribution >= 0.6 is 0 Å². The zero-order valence-electron chi connectivity index (χ0n) is 21.8. The van der Waals surface area contributed by atoms with Gasteiger partial charge in [-0.2, -0.15) is 0 Å². The zero-order chi connectivity index (χ0) is 25.8. The number of aryl methyl sites for hydroxylation is 3. The van der Waals surface area contributed by atoms with Crippen molar-refractivity contribution in [1.82, 2.24) is 4.57 Å². The predicted molar refractivity (Wildman–Crippen MR) is 146 cm³/mol. The fourth-order valence-corrected chi connectivity index (χ4v) is 5.21. The van der Waals surface area contributed by atoms with Crippen molar-refractivity contribution in [3.8, 4) is 11.1 Å². The van der Waals surface area contributed by atoms with Gasteiger partial charge in [-0.3, -0.25) is 14.4 Å². The van der Waals surface area contributed by atoms with Gasteiger partial charge in [0, 0.05) is 50.1 Å². The normalized spacial score (nSPS) is 13.3. The number of carbonyl (C=O) groups excluding carboxylic acids is 2. The van der Waals surface area contributed by atoms with Crippen molar-refractivity contribution in [3.05, 3.63) is 98.5 Å². The Balaban J connectivity index is 1.67. The highest BCUT2D eigenvalue weighted by molar-refractivity contribution is 6.04. The van der Waals surface area contributed by atoms with Crippen molar-refractivity contribution in [3.63, 3.8) is 0 Å². The number of hydrogen-bond donors (Lipinski definition) is 0. The largest absolute Gasteiger partial charge is 0.318 e. The topological polar surface area (TPSA) is 56.1 Å². The molecular formula is C32H35NO3. The van der Waals surface area contributed by atoms with Gasteiger partial charge in [0.2, 0.25) is 5.56 Å². The third kappa shape index (κ3) is 5.48. The van der Waals surface area contributed by atoms with Crippen molar-refractivity contribution < 1.29 is 9.59 Å². The zero-order valence-corrected chi connectivity index (χ0v) is 21.8. The molecule has 1 aliphatic carbocycles. The Kier molecular flexibility index (Phi) is 7.83. The molecule has 0 saturated carbocycles. The summed E-state index contributed by atoms with van der Waals surface area (Å²) in [5.41, 5.74) is 8.61. The minimum absolute atomic E-state index is 0.0461. The Morgan fingerprint density at radius 1 is 1.06 bits per heavy atom. The third-order valence-electron chi connectivity index (χ3n) is 7.33. The minimum atomic E-state index is -0.228. The number of Topliss-reactive ketones (excluding diaryl/α,β-unsaturated/α-hetero) is 2. The van der Waals surface area contributed by atoms with Crippen LogP contribution in [0.4, 0.5) is 0 Å². The molecule has 0 fully saturated rings. The van der Waals surface area contributed by atoms with Gasteiger partial charge in [0.25, 0.3) is 0 Å². The lowest BCUT2D eigenvalue weighted by Crippen LogP contribution is -2.20. The fraction of sp³-hybridized carbons (Fsp3) is 0.344. The highest BCUT2D eigenvalue weighted by Crippen LogP contribution is 2.38. The van der Waals surface area contributed by atoms with Crippen LogP contribution in [0.25, 0.3) is 17.2 Å². The fourth-order valence-electron chi connectivity index (χ4n) is 5.21. The molecule has 1 aliphatic rings. The summed E-state index contributed by atoms with van der Waals surface area (Å²) in [7, 11) is 1.76. The smallest absolute Gasteiger partial charge is 0.250 e. The first-order valence-electron chi connectivity index (χ1n) is 12.9. The summed E-state index contributed by atoms with van der Waals surface area (Å²) in [5, 5.41) is 0. The lowest BCUT2D eigenvalue weighted by Gasteiger charge is -2.17. The predicted octanol–water partition coefficient (Wildman–Crippen LogP) is 6.05. The van der Waals surface area contributed by atoms with Crippen LogP contribution in [0.5, 0.6) is 0 Å². The molecule has 0 radical (unpaired) electrons. The van der Waals surface area contributed by atoms with Gasteiger partial charge in [0.1, 0.15) is 5.78 Å². The quantitative estimate of drug-likeness (QED) is 0.354. The number of allylic oxidation sites excluding steroid dienone is 1. The molecule has 0 N–H and O–H groups in total. The number of ketones is 2. The van der Waals surface area contributed by atoms with Crippen molar-refractivity contribution in [2.75, 3.05) is 0 Å². The molecule has 1 heterocycles. The van der Waals surface area contributed by atoms with E-state index in [0.717, 1.165) is 39.8 Å². The number of benzene rings is 2. The van der Waals surface area contributed by atoms with Crippen LogP contribution in [0.2, 0.25) is 0 Å². The van der Waals surface area contributed by atoms with Crippen LogP contribution in [-0.2, 0) is 35.9 Å². The second kappa shape index (κ2) is 11.0. The molecule has 0 saturated heterocycles. The van der Waals surface area contributed by atoms with Gasteiger partial charge in [-0.05, 0) is 71.7 Å². The van der Waals surface area contributed by atoms with E-state index in [9.17, 15) is 14.4 Å². The Labute approximate surface area is 213 Å². The molecule has 4 rings (SSSR count). The van der Waals surface area contributed by atoms with Gasteiger partial charge >= 0.3 is 0 Å². The molecule has 4 nitrogen and oxygen atoms in total. The summed E-state index contributed by atoms with van der Waals surface area (Å²) < 4.78 is 1.59. The summed E-state index contributed by atoms with van der Waals surface area (Å²) in [5.74, 6) is 0.116. The molecule has 36 heavy (non-hydrogen) atoms. The second-order valence-electron chi connectivity index (χ2n) is 9.92. The van der Waals surface area contributed by atoms with Crippen molar-refractivity contribution in [2.24, 2.45) is 13.0 Å². The summed E-state index contributed by atoms with van der Waals surface area (Å²) >= 11 is 0. The molecule has 0 aliphatic heterocycles. The SMILES string of the molecule is CCC(=O)CCC(Cc1cccc(C)c1)C(=O)C1=Cc2c(CC)ccc(-c3ccc(=O)n(C)c3)c2C1. The van der Waals surface area contributed by atoms with E-state index in [1.165, 1.54) is 11.1 Å². The van der Waals surface area contributed by atoms with Crippen LogP contribution in [0.15, 0.2) is 65.1 Å². The molecule has 1 aromatic heterocycles. The van der Waals surface area contributed by atoms with E-state index in [2.05, 4.69) is 50.3 Å². The maximum absolute atomic E-state index is 13.9. The highest BCUT2D eigenvalue weighted by atomic mass is 16.1. The Morgan fingerprint density at radius 3 is 2.56 bits per heavy atom. The minimum Gasteiger partial charge on any atom is -0.318 e. The van der Waals surface area contributed by atoms with Crippen LogP contribution in [-0.4, -0.2) is 16.1 Å². The molecule has 186 valence electrons. The van der Waals surface area contributed by atoms with Crippen LogP contribution in [0.3, 0.4) is 0 Å². The van der Waals surface area contributed by atoms with E-state index in [0.29, 0.717) is 32.1 Å². The van der Waals surface area contributed by atoms with Gasteiger partial charge in [0.15, 0.2) is 5.78 Å². The first-order valence-corrected chi connectivity index (χ1v) is 12.9. The monoisotopic (exact) mass is 481 g/mol. The van der Waals surface area contributed by atoms with Gasteiger partial charge in [0.05, 0.1) is 0 Å². The molecule has 0 bridgehead atoms. The molecule has 1 atom stereocenters. The van der Waals surface area contributed by atoms with E-state index in [4.69, 9.17) is 0 Å². The van der Waals surface area contributed by atoms with E-state index in [-0.39, 0.29) is 23.0 Å². The van der Waals surface area contributed by atoms with Crippen molar-refractivity contribution >= 4 is 17.6 Å². The number of hydrogen-bond acceptors (Lipinski definition) is 3. The maximum Gasteiger partial charge on any atom is 0.250 e. The van der Waals surface area contributed by atoms with Crippen LogP contribution in [0, 0.1) is 12.8 Å². The standard InChI is InChI=1S/C32H35NO3/c1-5-23-11-14-28(25-12-15-31(35)33(4)20-25)30-19-26(18-29(23)30)32(36)24(10-13-27(34)6-2)17-22-9-7-8-21(3)16-22/h7-9,11-12,14-16,18,20,24H,5-6,10,13,17,19H2,1-4H3. The third-order valence-corrected chi connectivity index (χ3v) is 7.33. The summed E-state index contributed by atoms with van der Waals surface area (Å²) in [6.07, 6.45) is 7.54. The first-order chi connectivity index (χ1) is 17.3. The van der Waals surface area contributed by atoms with E-state index in [1.54, 1.807) is 17.7 Å². The molecule has 3 aromatic rings. The Hall–Kier alpha value is -3.53. The van der Waals surface area contributed by atoms with Crippen molar-refractivity contribution in [1.29, 1.82) is 0 Å². The molecular weight excluding hydrogens is 446 g/mol. The van der Waals surface area contributed by atoms with Crippen LogP contribution < -0.4 is 5.56 Å². The number of carbonyl (C=O) groups is 2. The van der Waals surface area contributed by atoms with Crippen molar-refractivity contribution in [2.45, 2.75) is 59.3 Å². The number of rotatable bonds is 10. The average molecular weight is 482 g/mol. The Bertz CT molecular complexity index is 1390. The van der Waals surface area contributed by atoms with E-state index >= 15 is 0 Å². The van der Waals surface area contributed by atoms with Crippen LogP contribution in [0.1, 0.15) is 60.9 Å². The van der Waals surface area contributed by atoms with Gasteiger partial charge in [-0.15, -0.1) is 0 Å². The average Bonchev–Trinajstić information content (AvgIpc) is 3.32. The summed E-state index contributed by atoms with van der Waals surface area (Å²) in [6, 6.07) is 16.0. The molecule has 4 heteroatoms. The second-order valence-corrected chi connectivity index (χ2v) is 9.92. The lowest BCUT2D eigenvalue weighted by molar-refractivity contribution is -0.121.